The van der Waals surface area contributed by atoms with E-state index in [1.807, 2.05) is 0 Å². The van der Waals surface area contributed by atoms with Crippen LogP contribution in [-0.4, -0.2) is 24.5 Å². The molecule has 1 unspecified atom stereocenters. The number of hydrogen-bond acceptors (Lipinski definition) is 2. The molecule has 0 aliphatic carbocycles. The van der Waals surface area contributed by atoms with Crippen LogP contribution >= 0.6 is 11.6 Å². The molecule has 8 heteroatoms. The van der Waals surface area contributed by atoms with Crippen molar-refractivity contribution >= 4 is 23.2 Å². The van der Waals surface area contributed by atoms with Gasteiger partial charge in [-0.3, -0.25) is 4.79 Å². The van der Waals surface area contributed by atoms with Crippen LogP contribution in [0.5, 0.6) is 0 Å². The van der Waals surface area contributed by atoms with Gasteiger partial charge in [0.2, 0.25) is 0 Å². The predicted molar refractivity (Wildman–Crippen MR) is 84.8 cm³/mol. The van der Waals surface area contributed by atoms with Gasteiger partial charge in [-0.15, -0.1) is 0 Å². The topological polar surface area (TPSA) is 46.4 Å². The van der Waals surface area contributed by atoms with Crippen LogP contribution in [0.2, 0.25) is 5.15 Å². The summed E-state index contributed by atoms with van der Waals surface area (Å²) in [4.78, 5) is 16.7. The van der Waals surface area contributed by atoms with Gasteiger partial charge in [-0.25, -0.2) is 4.98 Å². The number of pyridine rings is 1. The summed E-state index contributed by atoms with van der Waals surface area (Å²) in [6.07, 6.45) is -2.83. The largest absolute Gasteiger partial charge is 0.416 e. The molecule has 4 nitrogen and oxygen atoms in total. The van der Waals surface area contributed by atoms with Gasteiger partial charge in [-0.05, 0) is 24.3 Å². The molecule has 0 aliphatic rings. The van der Waals surface area contributed by atoms with E-state index in [4.69, 9.17) is 11.6 Å². The summed E-state index contributed by atoms with van der Waals surface area (Å²) in [5, 5.41) is 2.85. The zero-order chi connectivity index (χ0) is 17.7. The van der Waals surface area contributed by atoms with E-state index in [9.17, 15) is 18.0 Å². The van der Waals surface area contributed by atoms with E-state index in [1.54, 1.807) is 19.2 Å². The lowest BCUT2D eigenvalue weighted by atomic mass is 10.1. The second-order valence-corrected chi connectivity index (χ2v) is 5.75. The van der Waals surface area contributed by atoms with Gasteiger partial charge in [-0.1, -0.05) is 23.7 Å². The molecule has 0 saturated heterocycles. The van der Waals surface area contributed by atoms with Gasteiger partial charge in [0.15, 0.2) is 11.7 Å². The van der Waals surface area contributed by atoms with Crippen LogP contribution in [0.15, 0.2) is 42.6 Å². The van der Waals surface area contributed by atoms with Gasteiger partial charge in [0, 0.05) is 11.8 Å². The number of likely N-dealkylation sites (N-methyl/N-ethyl adjacent to an activating group) is 1. The zero-order valence-electron chi connectivity index (χ0n) is 12.8. The smallest absolute Gasteiger partial charge is 0.326 e. The molecule has 128 valence electrons. The number of amides is 1. The first-order chi connectivity index (χ1) is 11.3. The number of quaternary nitrogens is 1. The van der Waals surface area contributed by atoms with Crippen LogP contribution in [0, 0.1) is 0 Å². The molecule has 1 amide bonds. The Labute approximate surface area is 142 Å². The number of carbonyl (C=O) groups excluding carboxylic acids is 1. The highest BCUT2D eigenvalue weighted by molar-refractivity contribution is 6.32. The number of alkyl halides is 3. The van der Waals surface area contributed by atoms with Gasteiger partial charge >= 0.3 is 6.18 Å². The summed E-state index contributed by atoms with van der Waals surface area (Å²) in [6.45, 7) is 0.568. The number of aromatic nitrogens is 1. The van der Waals surface area contributed by atoms with E-state index in [0.29, 0.717) is 17.8 Å². The van der Waals surface area contributed by atoms with Crippen LogP contribution in [0.1, 0.15) is 11.1 Å². The van der Waals surface area contributed by atoms with Gasteiger partial charge in [0.05, 0.1) is 18.3 Å². The number of rotatable bonds is 5. The van der Waals surface area contributed by atoms with Gasteiger partial charge in [0.25, 0.3) is 5.91 Å². The average Bonchev–Trinajstić information content (AvgIpc) is 2.49. The summed E-state index contributed by atoms with van der Waals surface area (Å²) < 4.78 is 37.6. The zero-order valence-corrected chi connectivity index (χ0v) is 13.6. The monoisotopic (exact) mass is 358 g/mol. The van der Waals surface area contributed by atoms with Crippen LogP contribution in [0.4, 0.5) is 18.9 Å². The Balaban J connectivity index is 1.90. The van der Waals surface area contributed by atoms with E-state index < -0.39 is 11.7 Å². The number of halogens is 4. The van der Waals surface area contributed by atoms with Crippen molar-refractivity contribution in [3.05, 3.63) is 58.9 Å². The molecule has 0 saturated carbocycles. The highest BCUT2D eigenvalue weighted by Gasteiger charge is 2.30. The molecule has 0 radical (unpaired) electrons. The molecule has 2 aromatic rings. The van der Waals surface area contributed by atoms with E-state index >= 15 is 0 Å². The molecule has 0 aliphatic heterocycles. The van der Waals surface area contributed by atoms with Crippen molar-refractivity contribution in [1.29, 1.82) is 0 Å². The Morgan fingerprint density at radius 3 is 2.50 bits per heavy atom. The molecule has 1 aromatic carbocycles. The number of hydrogen-bond donors (Lipinski definition) is 2. The standard InChI is InChI=1S/C16H15ClF3N3O/c1-23(9-11-4-6-12(7-5-11)16(18,19)20)10-14(24)22-13-3-2-8-21-15(13)17/h2-8H,9-10H2,1H3,(H,22,24)/p+1. The van der Waals surface area contributed by atoms with Crippen molar-refractivity contribution in [3.8, 4) is 0 Å². The minimum Gasteiger partial charge on any atom is -0.326 e. The number of nitrogens with one attached hydrogen (secondary N) is 2. The fourth-order valence-electron chi connectivity index (χ4n) is 2.17. The second-order valence-electron chi connectivity index (χ2n) is 5.40. The molecule has 0 bridgehead atoms. The van der Waals surface area contributed by atoms with Crippen LogP contribution in [-0.2, 0) is 17.5 Å². The van der Waals surface area contributed by atoms with Crippen molar-refractivity contribution in [2.24, 2.45) is 0 Å². The SMILES string of the molecule is C[NH+](CC(=O)Nc1cccnc1Cl)Cc1ccc(C(F)(F)F)cc1. The van der Waals surface area contributed by atoms with Crippen molar-refractivity contribution in [2.45, 2.75) is 12.7 Å². The summed E-state index contributed by atoms with van der Waals surface area (Å²) in [5.74, 6) is -0.255. The third kappa shape index (κ3) is 5.21. The lowest BCUT2D eigenvalue weighted by molar-refractivity contribution is -0.885. The van der Waals surface area contributed by atoms with Gasteiger partial charge in [-0.2, -0.15) is 13.2 Å². The number of nitrogens with zero attached hydrogens (tertiary/aromatic N) is 1. The molecule has 1 aromatic heterocycles. The number of benzene rings is 1. The highest BCUT2D eigenvalue weighted by Crippen LogP contribution is 2.28. The Bertz CT molecular complexity index is 704. The summed E-state index contributed by atoms with van der Waals surface area (Å²) in [6, 6.07) is 8.21. The van der Waals surface area contributed by atoms with Crippen molar-refractivity contribution in [1.82, 2.24) is 4.98 Å². The second kappa shape index (κ2) is 7.63. The van der Waals surface area contributed by atoms with Gasteiger partial charge in [0.1, 0.15) is 6.54 Å². The molecular weight excluding hydrogens is 343 g/mol. The quantitative estimate of drug-likeness (QED) is 0.806. The van der Waals surface area contributed by atoms with Crippen molar-refractivity contribution < 1.29 is 22.9 Å². The van der Waals surface area contributed by atoms with E-state index in [2.05, 4.69) is 10.3 Å². The minimum absolute atomic E-state index is 0.145. The Kier molecular flexibility index (Phi) is 5.80. The average molecular weight is 359 g/mol. The molecule has 1 atom stereocenters. The lowest BCUT2D eigenvalue weighted by Gasteiger charge is -2.15. The summed E-state index contributed by atoms with van der Waals surface area (Å²) in [5.41, 5.74) is 0.451. The maximum atomic E-state index is 12.5. The molecule has 0 fully saturated rings. The molecular formula is C16H16ClF3N3O+. The van der Waals surface area contributed by atoms with E-state index in [1.165, 1.54) is 18.3 Å². The fraction of sp³-hybridized carbons (Fsp3) is 0.250. The van der Waals surface area contributed by atoms with E-state index in [-0.39, 0.29) is 17.6 Å². The first kappa shape index (κ1) is 18.2. The minimum atomic E-state index is -4.35. The lowest BCUT2D eigenvalue weighted by Crippen LogP contribution is -3.08. The van der Waals surface area contributed by atoms with Crippen LogP contribution in [0.25, 0.3) is 0 Å². The normalized spacial score (nSPS) is 12.7. The maximum Gasteiger partial charge on any atom is 0.416 e. The molecule has 2 rings (SSSR count). The first-order valence-electron chi connectivity index (χ1n) is 7.13. The number of anilines is 1. The van der Waals surface area contributed by atoms with Crippen molar-refractivity contribution in [3.63, 3.8) is 0 Å². The fourth-order valence-corrected chi connectivity index (χ4v) is 2.34. The molecule has 1 heterocycles. The maximum absolute atomic E-state index is 12.5. The number of carbonyl (C=O) groups is 1. The van der Waals surface area contributed by atoms with Gasteiger partial charge < -0.3 is 10.2 Å². The third-order valence-electron chi connectivity index (χ3n) is 3.28. The Hall–Kier alpha value is -2.12. The summed E-state index contributed by atoms with van der Waals surface area (Å²) >= 11 is 5.86. The molecule has 24 heavy (non-hydrogen) atoms. The third-order valence-corrected chi connectivity index (χ3v) is 3.58. The Morgan fingerprint density at radius 2 is 1.92 bits per heavy atom. The first-order valence-corrected chi connectivity index (χ1v) is 7.51. The summed E-state index contributed by atoms with van der Waals surface area (Å²) in [7, 11) is 1.78. The van der Waals surface area contributed by atoms with Crippen LogP contribution < -0.4 is 10.2 Å². The highest BCUT2D eigenvalue weighted by atomic mass is 35.5. The predicted octanol–water partition coefficient (Wildman–Crippen LogP) is 2.41. The Morgan fingerprint density at radius 1 is 1.25 bits per heavy atom. The molecule has 2 N–H and O–H groups in total. The van der Waals surface area contributed by atoms with E-state index in [0.717, 1.165) is 17.0 Å². The molecule has 0 spiro atoms. The van der Waals surface area contributed by atoms with Crippen LogP contribution in [0.3, 0.4) is 0 Å². The van der Waals surface area contributed by atoms with Crippen molar-refractivity contribution in [2.75, 3.05) is 18.9 Å².